The molecule has 1 heterocycles. The lowest BCUT2D eigenvalue weighted by Gasteiger charge is -2.09. The number of hydrazone groups is 1. The molecule has 2 rings (SSSR count). The van der Waals surface area contributed by atoms with Crippen LogP contribution < -0.4 is 16.5 Å². The van der Waals surface area contributed by atoms with Crippen molar-refractivity contribution < 1.29 is 9.59 Å². The Balaban J connectivity index is 1.84. The van der Waals surface area contributed by atoms with Crippen molar-refractivity contribution in [2.45, 2.75) is 26.7 Å². The van der Waals surface area contributed by atoms with Crippen LogP contribution in [0.4, 0.5) is 10.8 Å². The van der Waals surface area contributed by atoms with Gasteiger partial charge >= 0.3 is 0 Å². The van der Waals surface area contributed by atoms with E-state index in [4.69, 9.17) is 17.3 Å². The van der Waals surface area contributed by atoms with Gasteiger partial charge in [-0.3, -0.25) is 9.59 Å². The van der Waals surface area contributed by atoms with E-state index in [1.165, 1.54) is 11.3 Å². The monoisotopic (exact) mass is 379 g/mol. The van der Waals surface area contributed by atoms with Gasteiger partial charge in [-0.1, -0.05) is 17.7 Å². The Morgan fingerprint density at radius 1 is 1.36 bits per heavy atom. The molecular formula is C16H18ClN5O2S. The lowest BCUT2D eigenvalue weighted by atomic mass is 10.2. The lowest BCUT2D eigenvalue weighted by molar-refractivity contribution is -0.120. The number of hydrogen-bond acceptors (Lipinski definition) is 6. The normalized spacial score (nSPS) is 11.2. The molecular weight excluding hydrogens is 362 g/mol. The molecule has 0 aliphatic rings. The molecule has 25 heavy (non-hydrogen) atoms. The number of benzene rings is 1. The van der Waals surface area contributed by atoms with Crippen LogP contribution in [0.5, 0.6) is 0 Å². The van der Waals surface area contributed by atoms with Crippen molar-refractivity contribution in [3.05, 3.63) is 39.9 Å². The zero-order valence-electron chi connectivity index (χ0n) is 13.8. The van der Waals surface area contributed by atoms with E-state index >= 15 is 0 Å². The van der Waals surface area contributed by atoms with Crippen molar-refractivity contribution in [1.82, 2.24) is 10.4 Å². The van der Waals surface area contributed by atoms with Crippen LogP contribution in [-0.2, 0) is 16.0 Å². The van der Waals surface area contributed by atoms with Crippen molar-refractivity contribution in [1.29, 1.82) is 0 Å². The number of halogens is 1. The van der Waals surface area contributed by atoms with Gasteiger partial charge in [0.15, 0.2) is 5.13 Å². The van der Waals surface area contributed by atoms with Gasteiger partial charge in [-0.2, -0.15) is 5.10 Å². The highest BCUT2D eigenvalue weighted by molar-refractivity contribution is 7.13. The highest BCUT2D eigenvalue weighted by Gasteiger charge is 2.09. The van der Waals surface area contributed by atoms with Gasteiger partial charge in [0.2, 0.25) is 11.8 Å². The Morgan fingerprint density at radius 3 is 2.80 bits per heavy atom. The molecule has 0 saturated heterocycles. The van der Waals surface area contributed by atoms with E-state index in [-0.39, 0.29) is 24.7 Å². The Hall–Kier alpha value is -2.45. The number of thiazole rings is 1. The maximum atomic E-state index is 12.1. The fourth-order valence-corrected chi connectivity index (χ4v) is 2.71. The molecule has 1 aromatic carbocycles. The van der Waals surface area contributed by atoms with E-state index < -0.39 is 0 Å². The van der Waals surface area contributed by atoms with Crippen molar-refractivity contribution in [2.75, 3.05) is 11.1 Å². The first kappa shape index (κ1) is 18.9. The number of hydrogen-bond donors (Lipinski definition) is 3. The summed E-state index contributed by atoms with van der Waals surface area (Å²) in [6, 6.07) is 5.29. The number of carbonyl (C=O) groups excluding carboxylic acids is 2. The third-order valence-corrected chi connectivity index (χ3v) is 4.37. The van der Waals surface area contributed by atoms with Crippen molar-refractivity contribution >= 4 is 51.3 Å². The first-order valence-corrected chi connectivity index (χ1v) is 8.67. The molecule has 0 radical (unpaired) electrons. The molecule has 0 aliphatic carbocycles. The van der Waals surface area contributed by atoms with Gasteiger partial charge < -0.3 is 11.1 Å². The average molecular weight is 380 g/mol. The third kappa shape index (κ3) is 5.84. The second-order valence-electron chi connectivity index (χ2n) is 5.37. The van der Waals surface area contributed by atoms with Crippen LogP contribution in [-0.4, -0.2) is 22.5 Å². The molecule has 132 valence electrons. The van der Waals surface area contributed by atoms with Crippen LogP contribution in [0.15, 0.2) is 28.7 Å². The van der Waals surface area contributed by atoms with E-state index in [9.17, 15) is 9.59 Å². The first-order chi connectivity index (χ1) is 11.8. The number of carbonyl (C=O) groups is 2. The highest BCUT2D eigenvalue weighted by atomic mass is 35.5. The van der Waals surface area contributed by atoms with Crippen LogP contribution in [0.2, 0.25) is 5.02 Å². The summed E-state index contributed by atoms with van der Waals surface area (Å²) in [6.45, 7) is 3.48. The van der Waals surface area contributed by atoms with Crippen LogP contribution in [0, 0.1) is 6.92 Å². The van der Waals surface area contributed by atoms with Gasteiger partial charge in [0.05, 0.1) is 18.5 Å². The largest absolute Gasteiger partial charge is 0.375 e. The van der Waals surface area contributed by atoms with Gasteiger partial charge in [-0.05, 0) is 31.5 Å². The van der Waals surface area contributed by atoms with Crippen LogP contribution in [0.3, 0.4) is 0 Å². The minimum atomic E-state index is -0.323. The molecule has 9 heteroatoms. The predicted molar refractivity (Wildman–Crippen MR) is 101 cm³/mol. The summed E-state index contributed by atoms with van der Waals surface area (Å²) in [5.74, 6) is -0.566. The number of anilines is 2. The molecule has 4 N–H and O–H groups in total. The predicted octanol–water partition coefficient (Wildman–Crippen LogP) is 2.75. The Morgan fingerprint density at radius 2 is 2.12 bits per heavy atom. The second kappa shape index (κ2) is 8.59. The van der Waals surface area contributed by atoms with Gasteiger partial charge in [0, 0.05) is 21.8 Å². The minimum Gasteiger partial charge on any atom is -0.375 e. The standard InChI is InChI=1S/C16H18ClN5O2S/c1-9(21-22-15(24)7-11-8-25-16(18)19-11)6-14(23)20-13-5-3-4-12(17)10(13)2/h3-5,8H,6-7H2,1-2H3,(H2,18,19)(H,20,23)(H,22,24)/b21-9-. The van der Waals surface area contributed by atoms with Crippen LogP contribution in [0.25, 0.3) is 0 Å². The Labute approximate surface area is 154 Å². The maximum Gasteiger partial charge on any atom is 0.246 e. The van der Waals surface area contributed by atoms with Crippen LogP contribution >= 0.6 is 22.9 Å². The Kier molecular flexibility index (Phi) is 6.49. The molecule has 2 aromatic rings. The maximum absolute atomic E-state index is 12.1. The molecule has 0 atom stereocenters. The highest BCUT2D eigenvalue weighted by Crippen LogP contribution is 2.22. The summed E-state index contributed by atoms with van der Waals surface area (Å²) >= 11 is 7.29. The van der Waals surface area contributed by atoms with Crippen molar-refractivity contribution in [2.24, 2.45) is 5.10 Å². The van der Waals surface area contributed by atoms with E-state index in [1.54, 1.807) is 30.5 Å². The minimum absolute atomic E-state index is 0.0515. The quantitative estimate of drug-likeness (QED) is 0.529. The number of nitrogens with one attached hydrogen (secondary N) is 2. The number of nitrogens with zero attached hydrogens (tertiary/aromatic N) is 2. The number of nitrogens with two attached hydrogens (primary N) is 1. The van der Waals surface area contributed by atoms with Gasteiger partial charge in [-0.25, -0.2) is 10.4 Å². The Bertz CT molecular complexity index is 819. The van der Waals surface area contributed by atoms with E-state index in [0.29, 0.717) is 27.2 Å². The molecule has 0 unspecified atom stereocenters. The van der Waals surface area contributed by atoms with Crippen LogP contribution in [0.1, 0.15) is 24.6 Å². The van der Waals surface area contributed by atoms with E-state index in [1.807, 2.05) is 6.92 Å². The van der Waals surface area contributed by atoms with Crippen molar-refractivity contribution in [3.8, 4) is 0 Å². The summed E-state index contributed by atoms with van der Waals surface area (Å²) in [7, 11) is 0. The topological polar surface area (TPSA) is 109 Å². The molecule has 0 bridgehead atoms. The van der Waals surface area contributed by atoms with Gasteiger partial charge in [-0.15, -0.1) is 11.3 Å². The molecule has 7 nitrogen and oxygen atoms in total. The summed E-state index contributed by atoms with van der Waals surface area (Å²) in [5, 5.41) is 9.40. The lowest BCUT2D eigenvalue weighted by Crippen LogP contribution is -2.23. The molecule has 2 amide bonds. The summed E-state index contributed by atoms with van der Waals surface area (Å²) in [4.78, 5) is 27.8. The molecule has 0 aliphatic heterocycles. The van der Waals surface area contributed by atoms with Gasteiger partial charge in [0.25, 0.3) is 0 Å². The van der Waals surface area contributed by atoms with Gasteiger partial charge in [0.1, 0.15) is 0 Å². The number of aromatic nitrogens is 1. The number of nitrogen functional groups attached to an aromatic ring is 1. The second-order valence-corrected chi connectivity index (χ2v) is 6.67. The summed E-state index contributed by atoms with van der Waals surface area (Å²) < 4.78 is 0. The summed E-state index contributed by atoms with van der Waals surface area (Å²) in [6.07, 6.45) is 0.133. The number of amides is 2. The van der Waals surface area contributed by atoms with E-state index in [2.05, 4.69) is 20.8 Å². The molecule has 0 spiro atoms. The average Bonchev–Trinajstić information content (AvgIpc) is 2.95. The van der Waals surface area contributed by atoms with E-state index in [0.717, 1.165) is 5.56 Å². The van der Waals surface area contributed by atoms with Crippen molar-refractivity contribution in [3.63, 3.8) is 0 Å². The summed E-state index contributed by atoms with van der Waals surface area (Å²) in [5.41, 5.74) is 10.4. The fraction of sp³-hybridized carbons (Fsp3) is 0.250. The molecule has 1 aromatic heterocycles. The first-order valence-electron chi connectivity index (χ1n) is 7.42. The smallest absolute Gasteiger partial charge is 0.246 e. The zero-order valence-corrected chi connectivity index (χ0v) is 15.4. The fourth-order valence-electron chi connectivity index (χ4n) is 1.97. The SMILES string of the molecule is C/C(CC(=O)Nc1cccc(Cl)c1C)=N/NC(=O)Cc1csc(N)n1. The zero-order chi connectivity index (χ0) is 18.4. The number of rotatable bonds is 6. The third-order valence-electron chi connectivity index (χ3n) is 3.24. The molecule has 0 saturated carbocycles. The molecule has 0 fully saturated rings.